The SMILES string of the molecule is COc1cc(/C=N\NC(=O)c2ccc(O)cc2)cc([N+](=O)[O-])c1OCc1cccc(C)c1. The van der Waals surface area contributed by atoms with Crippen LogP contribution in [-0.2, 0) is 6.61 Å². The highest BCUT2D eigenvalue weighted by Gasteiger charge is 2.22. The number of nitro benzene ring substituents is 1. The third-order valence-electron chi connectivity index (χ3n) is 4.45. The van der Waals surface area contributed by atoms with E-state index in [1.807, 2.05) is 31.2 Å². The molecule has 32 heavy (non-hydrogen) atoms. The molecule has 0 bridgehead atoms. The van der Waals surface area contributed by atoms with Gasteiger partial charge < -0.3 is 14.6 Å². The van der Waals surface area contributed by atoms with E-state index in [1.54, 1.807) is 0 Å². The number of phenols is 1. The van der Waals surface area contributed by atoms with Crippen LogP contribution in [-0.4, -0.2) is 29.3 Å². The molecule has 3 rings (SSSR count). The smallest absolute Gasteiger partial charge is 0.315 e. The maximum absolute atomic E-state index is 12.1. The zero-order chi connectivity index (χ0) is 23.1. The molecule has 0 saturated carbocycles. The highest BCUT2D eigenvalue weighted by atomic mass is 16.6. The number of carbonyl (C=O) groups excluding carboxylic acids is 1. The van der Waals surface area contributed by atoms with Gasteiger partial charge in [-0.05, 0) is 42.8 Å². The largest absolute Gasteiger partial charge is 0.508 e. The van der Waals surface area contributed by atoms with Crippen molar-refractivity contribution in [3.63, 3.8) is 0 Å². The van der Waals surface area contributed by atoms with Crippen LogP contribution in [0.25, 0.3) is 0 Å². The van der Waals surface area contributed by atoms with Gasteiger partial charge in [-0.2, -0.15) is 5.10 Å². The van der Waals surface area contributed by atoms with Gasteiger partial charge in [-0.25, -0.2) is 5.43 Å². The van der Waals surface area contributed by atoms with Gasteiger partial charge in [-0.15, -0.1) is 0 Å². The minimum Gasteiger partial charge on any atom is -0.508 e. The number of phenolic OH excluding ortho intramolecular Hbond substituents is 1. The van der Waals surface area contributed by atoms with E-state index in [0.717, 1.165) is 11.1 Å². The summed E-state index contributed by atoms with van der Waals surface area (Å²) in [4.78, 5) is 23.2. The van der Waals surface area contributed by atoms with Crippen molar-refractivity contribution in [1.82, 2.24) is 5.43 Å². The molecular formula is C23H21N3O6. The molecule has 0 aliphatic heterocycles. The number of nitrogens with one attached hydrogen (secondary N) is 1. The summed E-state index contributed by atoms with van der Waals surface area (Å²) in [6.45, 7) is 2.08. The average molecular weight is 435 g/mol. The fourth-order valence-electron chi connectivity index (χ4n) is 2.92. The van der Waals surface area contributed by atoms with Crippen molar-refractivity contribution in [2.75, 3.05) is 7.11 Å². The predicted molar refractivity (Wildman–Crippen MR) is 118 cm³/mol. The predicted octanol–water partition coefficient (Wildman–Crippen LogP) is 3.96. The van der Waals surface area contributed by atoms with E-state index in [0.29, 0.717) is 11.1 Å². The van der Waals surface area contributed by atoms with Gasteiger partial charge in [0.1, 0.15) is 12.4 Å². The fraction of sp³-hybridized carbons (Fsp3) is 0.130. The number of methoxy groups -OCH3 is 1. The molecule has 0 unspecified atom stereocenters. The van der Waals surface area contributed by atoms with Crippen LogP contribution in [0.5, 0.6) is 17.2 Å². The normalized spacial score (nSPS) is 10.7. The number of benzene rings is 3. The third kappa shape index (κ3) is 5.60. The quantitative estimate of drug-likeness (QED) is 0.314. The Kier molecular flexibility index (Phi) is 7.02. The standard InChI is InChI=1S/C23H21N3O6/c1-15-4-3-5-16(10-15)14-32-22-20(26(29)30)11-17(12-21(22)31-2)13-24-25-23(28)18-6-8-19(27)9-7-18/h3-13,27H,14H2,1-2H3,(H,25,28)/b24-13-. The lowest BCUT2D eigenvalue weighted by atomic mass is 10.1. The molecule has 0 aromatic heterocycles. The zero-order valence-corrected chi connectivity index (χ0v) is 17.4. The number of aromatic hydroxyl groups is 1. The highest BCUT2D eigenvalue weighted by molar-refractivity contribution is 5.95. The van der Waals surface area contributed by atoms with Crippen LogP contribution in [0.1, 0.15) is 27.0 Å². The van der Waals surface area contributed by atoms with Crippen molar-refractivity contribution in [1.29, 1.82) is 0 Å². The lowest BCUT2D eigenvalue weighted by Gasteiger charge is -2.12. The molecule has 2 N–H and O–H groups in total. The van der Waals surface area contributed by atoms with Crippen LogP contribution in [0.4, 0.5) is 5.69 Å². The highest BCUT2D eigenvalue weighted by Crippen LogP contribution is 2.38. The third-order valence-corrected chi connectivity index (χ3v) is 4.45. The van der Waals surface area contributed by atoms with E-state index in [9.17, 15) is 20.0 Å². The second-order valence-electron chi connectivity index (χ2n) is 6.85. The van der Waals surface area contributed by atoms with Crippen LogP contribution in [0.2, 0.25) is 0 Å². The van der Waals surface area contributed by atoms with E-state index < -0.39 is 10.8 Å². The zero-order valence-electron chi connectivity index (χ0n) is 17.4. The van der Waals surface area contributed by atoms with E-state index >= 15 is 0 Å². The number of hydrogen-bond acceptors (Lipinski definition) is 7. The molecule has 0 aliphatic rings. The topological polar surface area (TPSA) is 123 Å². The van der Waals surface area contributed by atoms with Gasteiger partial charge >= 0.3 is 5.69 Å². The second kappa shape index (κ2) is 10.1. The van der Waals surface area contributed by atoms with Crippen molar-refractivity contribution in [3.05, 3.63) is 93.0 Å². The fourth-order valence-corrected chi connectivity index (χ4v) is 2.92. The number of nitro groups is 1. The number of hydrazone groups is 1. The Bertz CT molecular complexity index is 1160. The molecule has 0 aliphatic carbocycles. The van der Waals surface area contributed by atoms with E-state index in [1.165, 1.54) is 49.7 Å². The van der Waals surface area contributed by atoms with Crippen LogP contribution in [0.15, 0.2) is 65.8 Å². The van der Waals surface area contributed by atoms with Gasteiger partial charge in [0.2, 0.25) is 5.75 Å². The first kappa shape index (κ1) is 22.3. The van der Waals surface area contributed by atoms with Crippen molar-refractivity contribution >= 4 is 17.8 Å². The Balaban J connectivity index is 1.79. The Labute approximate surface area is 184 Å². The summed E-state index contributed by atoms with van der Waals surface area (Å²) >= 11 is 0. The van der Waals surface area contributed by atoms with Crippen LogP contribution in [0, 0.1) is 17.0 Å². The maximum Gasteiger partial charge on any atom is 0.315 e. The van der Waals surface area contributed by atoms with Crippen LogP contribution in [0.3, 0.4) is 0 Å². The minimum atomic E-state index is -0.569. The Morgan fingerprint density at radius 1 is 1.19 bits per heavy atom. The lowest BCUT2D eigenvalue weighted by Crippen LogP contribution is -2.17. The summed E-state index contributed by atoms with van der Waals surface area (Å²) in [7, 11) is 1.38. The first-order valence-electron chi connectivity index (χ1n) is 9.54. The van der Waals surface area contributed by atoms with Crippen molar-refractivity contribution in [2.24, 2.45) is 5.10 Å². The number of hydrogen-bond donors (Lipinski definition) is 2. The molecule has 164 valence electrons. The van der Waals surface area contributed by atoms with E-state index in [2.05, 4.69) is 10.5 Å². The summed E-state index contributed by atoms with van der Waals surface area (Å²) in [5.41, 5.74) is 4.58. The Morgan fingerprint density at radius 2 is 1.94 bits per heavy atom. The molecule has 0 saturated heterocycles. The van der Waals surface area contributed by atoms with Crippen LogP contribution >= 0.6 is 0 Å². The summed E-state index contributed by atoms with van der Waals surface area (Å²) in [5, 5.41) is 24.8. The number of aryl methyl sites for hydroxylation is 1. The number of carbonyl (C=O) groups is 1. The van der Waals surface area contributed by atoms with Gasteiger partial charge in [-0.3, -0.25) is 14.9 Å². The molecule has 3 aromatic rings. The van der Waals surface area contributed by atoms with Gasteiger partial charge in [0, 0.05) is 17.2 Å². The van der Waals surface area contributed by atoms with Gasteiger partial charge in [0.15, 0.2) is 5.75 Å². The molecule has 0 spiro atoms. The molecular weight excluding hydrogens is 414 g/mol. The van der Waals surface area contributed by atoms with Crippen molar-refractivity contribution in [2.45, 2.75) is 13.5 Å². The van der Waals surface area contributed by atoms with E-state index in [4.69, 9.17) is 9.47 Å². The molecule has 0 radical (unpaired) electrons. The van der Waals surface area contributed by atoms with Gasteiger partial charge in [0.25, 0.3) is 5.91 Å². The van der Waals surface area contributed by atoms with Crippen molar-refractivity contribution < 1.29 is 24.3 Å². The summed E-state index contributed by atoms with van der Waals surface area (Å²) in [6.07, 6.45) is 1.26. The van der Waals surface area contributed by atoms with Crippen molar-refractivity contribution in [3.8, 4) is 17.2 Å². The number of nitrogens with zero attached hydrogens (tertiary/aromatic N) is 2. The monoisotopic (exact) mass is 435 g/mol. The summed E-state index contributed by atoms with van der Waals surface area (Å²) in [6, 6.07) is 16.1. The summed E-state index contributed by atoms with van der Waals surface area (Å²) in [5.74, 6) is -0.294. The van der Waals surface area contributed by atoms with Gasteiger partial charge in [-0.1, -0.05) is 29.8 Å². The molecule has 1 amide bonds. The Morgan fingerprint density at radius 3 is 2.59 bits per heavy atom. The number of rotatable bonds is 8. The Hall–Kier alpha value is -4.40. The number of ether oxygens (including phenoxy) is 2. The maximum atomic E-state index is 12.1. The first-order chi connectivity index (χ1) is 15.4. The first-order valence-corrected chi connectivity index (χ1v) is 9.54. The summed E-state index contributed by atoms with van der Waals surface area (Å²) < 4.78 is 11.0. The molecule has 3 aromatic carbocycles. The molecule has 9 nitrogen and oxygen atoms in total. The van der Waals surface area contributed by atoms with Gasteiger partial charge in [0.05, 0.1) is 18.2 Å². The molecule has 0 heterocycles. The van der Waals surface area contributed by atoms with E-state index in [-0.39, 0.29) is 29.5 Å². The second-order valence-corrected chi connectivity index (χ2v) is 6.85. The number of amides is 1. The molecule has 0 fully saturated rings. The molecule has 9 heteroatoms. The lowest BCUT2D eigenvalue weighted by molar-refractivity contribution is -0.386. The van der Waals surface area contributed by atoms with Crippen LogP contribution < -0.4 is 14.9 Å². The average Bonchev–Trinajstić information content (AvgIpc) is 2.77. The minimum absolute atomic E-state index is 0.00397. The molecule has 0 atom stereocenters.